The minimum absolute atomic E-state index is 0.0403. The monoisotopic (exact) mass is 258 g/mol. The van der Waals surface area contributed by atoms with E-state index in [2.05, 4.69) is 9.72 Å². The van der Waals surface area contributed by atoms with E-state index < -0.39 is 24.0 Å². The number of hydrogen-bond donors (Lipinski definition) is 3. The minimum Gasteiger partial charge on any atom is -0.466 e. The fourth-order valence-corrected chi connectivity index (χ4v) is 1.35. The summed E-state index contributed by atoms with van der Waals surface area (Å²) in [6.07, 6.45) is -2.08. The first-order chi connectivity index (χ1) is 8.45. The van der Waals surface area contributed by atoms with E-state index in [0.717, 1.165) is 12.3 Å². The van der Waals surface area contributed by atoms with E-state index in [1.165, 1.54) is 0 Å². The predicted molar refractivity (Wildman–Crippen MR) is 60.8 cm³/mol. The molecule has 0 spiro atoms. The first-order valence-corrected chi connectivity index (χ1v) is 5.38. The number of ether oxygens (including phenoxy) is 1. The van der Waals surface area contributed by atoms with Crippen LogP contribution in [0.5, 0.6) is 0 Å². The zero-order valence-corrected chi connectivity index (χ0v) is 9.84. The van der Waals surface area contributed by atoms with Crippen molar-refractivity contribution in [2.45, 2.75) is 25.6 Å². The Labute approximate surface area is 103 Å². The molecule has 6 nitrogen and oxygen atoms in total. The van der Waals surface area contributed by atoms with Crippen molar-refractivity contribution in [1.29, 1.82) is 0 Å². The molecule has 0 aliphatic carbocycles. The molecule has 1 heterocycles. The molecule has 0 radical (unpaired) electrons. The van der Waals surface area contributed by atoms with Crippen molar-refractivity contribution in [3.8, 4) is 0 Å². The Morgan fingerprint density at radius 3 is 2.83 bits per heavy atom. The van der Waals surface area contributed by atoms with E-state index in [0.29, 0.717) is 0 Å². The quantitative estimate of drug-likeness (QED) is 0.649. The van der Waals surface area contributed by atoms with Gasteiger partial charge in [-0.3, -0.25) is 4.79 Å². The lowest BCUT2D eigenvalue weighted by molar-refractivity contribution is -0.147. The molecule has 0 aromatic carbocycles. The molecule has 7 heteroatoms. The van der Waals surface area contributed by atoms with Gasteiger partial charge in [0.25, 0.3) is 0 Å². The van der Waals surface area contributed by atoms with Gasteiger partial charge in [-0.25, -0.2) is 9.37 Å². The SMILES string of the molecule is CCOC(=O)CC(O)C(O)c1cnc(N)c(F)c1. The molecule has 2 atom stereocenters. The second-order valence-electron chi connectivity index (χ2n) is 3.66. The standard InChI is InChI=1S/C11H15FN2O4/c1-2-18-9(16)4-8(15)10(17)6-3-7(12)11(13)14-5-6/h3,5,8,10,15,17H,2,4H2,1H3,(H2,13,14). The summed E-state index contributed by atoms with van der Waals surface area (Å²) in [5.41, 5.74) is 5.22. The van der Waals surface area contributed by atoms with Crippen molar-refractivity contribution >= 4 is 11.8 Å². The molecule has 2 unspecified atom stereocenters. The fourth-order valence-electron chi connectivity index (χ4n) is 1.35. The van der Waals surface area contributed by atoms with Gasteiger partial charge in [-0.1, -0.05) is 0 Å². The molecule has 1 aromatic heterocycles. The Bertz CT molecular complexity index is 428. The number of halogens is 1. The normalized spacial score (nSPS) is 14.0. The Morgan fingerprint density at radius 1 is 1.61 bits per heavy atom. The summed E-state index contributed by atoms with van der Waals surface area (Å²) in [6.45, 7) is 1.81. The number of esters is 1. The van der Waals surface area contributed by atoms with Gasteiger partial charge in [-0.05, 0) is 13.0 Å². The highest BCUT2D eigenvalue weighted by molar-refractivity contribution is 5.70. The average Bonchev–Trinajstić information content (AvgIpc) is 2.32. The van der Waals surface area contributed by atoms with Gasteiger partial charge in [0.05, 0.1) is 19.1 Å². The average molecular weight is 258 g/mol. The molecule has 100 valence electrons. The topological polar surface area (TPSA) is 106 Å². The molecule has 4 N–H and O–H groups in total. The van der Waals surface area contributed by atoms with Crippen LogP contribution < -0.4 is 5.73 Å². The number of rotatable bonds is 5. The van der Waals surface area contributed by atoms with Gasteiger partial charge in [0.1, 0.15) is 6.10 Å². The van der Waals surface area contributed by atoms with Crippen LogP contribution in [-0.2, 0) is 9.53 Å². The number of carbonyl (C=O) groups is 1. The summed E-state index contributed by atoms with van der Waals surface area (Å²) in [5, 5.41) is 19.3. The first-order valence-electron chi connectivity index (χ1n) is 5.38. The summed E-state index contributed by atoms with van der Waals surface area (Å²) in [6, 6.07) is 0.960. The molecule has 0 aliphatic heterocycles. The van der Waals surface area contributed by atoms with Crippen LogP contribution in [0.1, 0.15) is 25.0 Å². The predicted octanol–water partition coefficient (Wildman–Crippen LogP) is 0.150. The van der Waals surface area contributed by atoms with Crippen molar-refractivity contribution < 1.29 is 24.1 Å². The highest BCUT2D eigenvalue weighted by Gasteiger charge is 2.23. The number of carbonyl (C=O) groups excluding carboxylic acids is 1. The summed E-state index contributed by atoms with van der Waals surface area (Å²) in [7, 11) is 0. The Kier molecular flexibility index (Phi) is 4.99. The van der Waals surface area contributed by atoms with Crippen molar-refractivity contribution in [2.24, 2.45) is 0 Å². The van der Waals surface area contributed by atoms with E-state index in [9.17, 15) is 19.4 Å². The highest BCUT2D eigenvalue weighted by atomic mass is 19.1. The largest absolute Gasteiger partial charge is 0.466 e. The van der Waals surface area contributed by atoms with Gasteiger partial charge in [-0.2, -0.15) is 0 Å². The van der Waals surface area contributed by atoms with Crippen LogP contribution in [-0.4, -0.2) is 33.9 Å². The molecule has 0 saturated heterocycles. The third-order valence-corrected chi connectivity index (χ3v) is 2.28. The van der Waals surface area contributed by atoms with Crippen molar-refractivity contribution in [1.82, 2.24) is 4.98 Å². The Morgan fingerprint density at radius 2 is 2.28 bits per heavy atom. The number of nitrogens with two attached hydrogens (primary N) is 1. The third-order valence-electron chi connectivity index (χ3n) is 2.28. The maximum absolute atomic E-state index is 13.1. The number of anilines is 1. The second-order valence-corrected chi connectivity index (χ2v) is 3.66. The third kappa shape index (κ3) is 3.64. The Hall–Kier alpha value is -1.73. The summed E-state index contributed by atoms with van der Waals surface area (Å²) < 4.78 is 17.7. The van der Waals surface area contributed by atoms with Crippen LogP contribution in [0, 0.1) is 5.82 Å². The Balaban J connectivity index is 2.70. The van der Waals surface area contributed by atoms with E-state index in [1.807, 2.05) is 0 Å². The smallest absolute Gasteiger partial charge is 0.308 e. The van der Waals surface area contributed by atoms with Crippen LogP contribution in [0.3, 0.4) is 0 Å². The number of aliphatic hydroxyl groups excluding tert-OH is 2. The summed E-state index contributed by atoms with van der Waals surface area (Å²) in [5.74, 6) is -1.74. The van der Waals surface area contributed by atoms with E-state index >= 15 is 0 Å². The second kappa shape index (κ2) is 6.27. The van der Waals surface area contributed by atoms with Crippen LogP contribution in [0.25, 0.3) is 0 Å². The lowest BCUT2D eigenvalue weighted by Crippen LogP contribution is -2.23. The van der Waals surface area contributed by atoms with Crippen LogP contribution in [0.4, 0.5) is 10.2 Å². The van der Waals surface area contributed by atoms with Gasteiger partial charge in [0.2, 0.25) is 0 Å². The first kappa shape index (κ1) is 14.3. The van der Waals surface area contributed by atoms with Gasteiger partial charge in [0, 0.05) is 11.8 Å². The molecule has 18 heavy (non-hydrogen) atoms. The van der Waals surface area contributed by atoms with Gasteiger partial charge < -0.3 is 20.7 Å². The molecular formula is C11H15FN2O4. The number of nitrogens with zero attached hydrogens (tertiary/aromatic N) is 1. The van der Waals surface area contributed by atoms with Crippen LogP contribution in [0.15, 0.2) is 12.3 Å². The highest BCUT2D eigenvalue weighted by Crippen LogP contribution is 2.20. The number of aliphatic hydroxyl groups is 2. The maximum Gasteiger partial charge on any atom is 0.308 e. The van der Waals surface area contributed by atoms with E-state index in [1.54, 1.807) is 6.92 Å². The molecule has 0 bridgehead atoms. The number of aromatic nitrogens is 1. The van der Waals surface area contributed by atoms with Gasteiger partial charge in [-0.15, -0.1) is 0 Å². The fraction of sp³-hybridized carbons (Fsp3) is 0.455. The maximum atomic E-state index is 13.1. The van der Waals surface area contributed by atoms with Crippen molar-refractivity contribution in [3.05, 3.63) is 23.6 Å². The lowest BCUT2D eigenvalue weighted by Gasteiger charge is -2.17. The van der Waals surface area contributed by atoms with Crippen molar-refractivity contribution in [2.75, 3.05) is 12.3 Å². The lowest BCUT2D eigenvalue weighted by atomic mass is 10.0. The van der Waals surface area contributed by atoms with Crippen molar-refractivity contribution in [3.63, 3.8) is 0 Å². The molecular weight excluding hydrogens is 243 g/mol. The molecule has 1 rings (SSSR count). The molecule has 0 amide bonds. The van der Waals surface area contributed by atoms with Crippen LogP contribution in [0.2, 0.25) is 0 Å². The molecule has 0 saturated carbocycles. The zero-order valence-electron chi connectivity index (χ0n) is 9.84. The van der Waals surface area contributed by atoms with Gasteiger partial charge in [0.15, 0.2) is 11.6 Å². The van der Waals surface area contributed by atoms with Gasteiger partial charge >= 0.3 is 5.97 Å². The number of hydrogen-bond acceptors (Lipinski definition) is 6. The number of pyridine rings is 1. The minimum atomic E-state index is -1.43. The summed E-state index contributed by atoms with van der Waals surface area (Å²) >= 11 is 0. The number of nitrogen functional groups attached to an aromatic ring is 1. The van der Waals surface area contributed by atoms with Crippen LogP contribution >= 0.6 is 0 Å². The molecule has 0 aliphatic rings. The molecule has 0 fully saturated rings. The van der Waals surface area contributed by atoms with E-state index in [-0.39, 0.29) is 24.4 Å². The molecule has 1 aromatic rings. The van der Waals surface area contributed by atoms with E-state index in [4.69, 9.17) is 5.73 Å². The summed E-state index contributed by atoms with van der Waals surface area (Å²) in [4.78, 5) is 14.6. The zero-order chi connectivity index (χ0) is 13.7.